The molecule has 0 spiro atoms. The molecule has 1 aliphatic heterocycles. The molecular formula is C21H25NO4S2. The molecule has 0 atom stereocenters. The third-order valence-electron chi connectivity index (χ3n) is 3.97. The molecule has 1 fully saturated rings. The van der Waals surface area contributed by atoms with Crippen molar-refractivity contribution in [1.82, 2.24) is 0 Å². The monoisotopic (exact) mass is 419 g/mol. The van der Waals surface area contributed by atoms with E-state index >= 15 is 0 Å². The molecule has 2 aromatic carbocycles. The molecule has 1 amide bonds. The predicted molar refractivity (Wildman–Crippen MR) is 117 cm³/mol. The zero-order valence-corrected chi connectivity index (χ0v) is 17.7. The highest BCUT2D eigenvalue weighted by Crippen LogP contribution is 2.45. The van der Waals surface area contributed by atoms with Gasteiger partial charge in [0.15, 0.2) is 18.1 Å². The Morgan fingerprint density at radius 3 is 2.32 bits per heavy atom. The van der Waals surface area contributed by atoms with Gasteiger partial charge in [-0.2, -0.15) is 0 Å². The Labute approximate surface area is 174 Å². The highest BCUT2D eigenvalue weighted by molar-refractivity contribution is 8.19. The molecule has 150 valence electrons. The molecule has 1 saturated heterocycles. The van der Waals surface area contributed by atoms with Crippen molar-refractivity contribution >= 4 is 35.1 Å². The minimum absolute atomic E-state index is 0.0521. The van der Waals surface area contributed by atoms with Crippen LogP contribution in [0.4, 0.5) is 5.69 Å². The maximum atomic E-state index is 12.2. The second-order valence-electron chi connectivity index (χ2n) is 6.01. The van der Waals surface area contributed by atoms with Crippen molar-refractivity contribution in [2.45, 2.75) is 18.4 Å². The van der Waals surface area contributed by atoms with Gasteiger partial charge < -0.3 is 19.5 Å². The lowest BCUT2D eigenvalue weighted by Gasteiger charge is -2.13. The van der Waals surface area contributed by atoms with Crippen LogP contribution in [0.15, 0.2) is 42.5 Å². The van der Waals surface area contributed by atoms with Crippen LogP contribution in [-0.2, 0) is 4.79 Å². The minimum Gasteiger partial charge on any atom is -0.490 e. The van der Waals surface area contributed by atoms with Crippen LogP contribution in [0.3, 0.4) is 0 Å². The van der Waals surface area contributed by atoms with E-state index in [0.29, 0.717) is 40.7 Å². The highest BCUT2D eigenvalue weighted by atomic mass is 32.2. The SMILES string of the molecule is CCOc1ccc(NC(=O)COc2ccc(C3SCCS3)cc2)cc1OCC. The van der Waals surface area contributed by atoms with Crippen LogP contribution in [-0.4, -0.2) is 37.2 Å². The molecule has 0 aromatic heterocycles. The van der Waals surface area contributed by atoms with Crippen LogP contribution < -0.4 is 19.5 Å². The van der Waals surface area contributed by atoms with Crippen molar-refractivity contribution in [1.29, 1.82) is 0 Å². The van der Waals surface area contributed by atoms with Crippen LogP contribution in [0.1, 0.15) is 24.0 Å². The first-order valence-electron chi connectivity index (χ1n) is 9.35. The molecular weight excluding hydrogens is 394 g/mol. The Morgan fingerprint density at radius 1 is 0.964 bits per heavy atom. The summed E-state index contributed by atoms with van der Waals surface area (Å²) in [6.07, 6.45) is 0. The van der Waals surface area contributed by atoms with Gasteiger partial charge in [-0.3, -0.25) is 4.79 Å². The summed E-state index contributed by atoms with van der Waals surface area (Å²) in [5, 5.41) is 2.83. The van der Waals surface area contributed by atoms with Crippen molar-refractivity contribution < 1.29 is 19.0 Å². The van der Waals surface area contributed by atoms with Gasteiger partial charge in [0.2, 0.25) is 0 Å². The maximum absolute atomic E-state index is 12.2. The largest absolute Gasteiger partial charge is 0.490 e. The van der Waals surface area contributed by atoms with E-state index in [-0.39, 0.29) is 12.5 Å². The molecule has 1 N–H and O–H groups in total. The van der Waals surface area contributed by atoms with Gasteiger partial charge in [0.25, 0.3) is 5.91 Å². The van der Waals surface area contributed by atoms with Crippen molar-refractivity contribution in [2.75, 3.05) is 36.6 Å². The first-order chi connectivity index (χ1) is 13.7. The van der Waals surface area contributed by atoms with Crippen LogP contribution in [0.5, 0.6) is 17.2 Å². The number of thioether (sulfide) groups is 2. The molecule has 0 unspecified atom stereocenters. The van der Waals surface area contributed by atoms with Gasteiger partial charge in [0.1, 0.15) is 5.75 Å². The average molecular weight is 420 g/mol. The zero-order valence-electron chi connectivity index (χ0n) is 16.1. The van der Waals surface area contributed by atoms with Gasteiger partial charge in [-0.05, 0) is 43.7 Å². The van der Waals surface area contributed by atoms with Crippen LogP contribution in [0, 0.1) is 0 Å². The molecule has 7 heteroatoms. The molecule has 2 aromatic rings. The summed E-state index contributed by atoms with van der Waals surface area (Å²) < 4.78 is 17.2. The number of hydrogen-bond donors (Lipinski definition) is 1. The number of carbonyl (C=O) groups is 1. The lowest BCUT2D eigenvalue weighted by atomic mass is 10.2. The second-order valence-corrected chi connectivity index (χ2v) is 8.73. The van der Waals surface area contributed by atoms with E-state index in [1.165, 1.54) is 17.1 Å². The second kappa shape index (κ2) is 10.5. The molecule has 5 nitrogen and oxygen atoms in total. The van der Waals surface area contributed by atoms with Crippen molar-refractivity contribution in [3.05, 3.63) is 48.0 Å². The van der Waals surface area contributed by atoms with E-state index in [1.54, 1.807) is 18.2 Å². The number of ether oxygens (including phenoxy) is 3. The smallest absolute Gasteiger partial charge is 0.262 e. The number of carbonyl (C=O) groups excluding carboxylic acids is 1. The fraction of sp³-hybridized carbons (Fsp3) is 0.381. The predicted octanol–water partition coefficient (Wildman–Crippen LogP) is 4.98. The topological polar surface area (TPSA) is 56.8 Å². The van der Waals surface area contributed by atoms with E-state index in [4.69, 9.17) is 14.2 Å². The fourth-order valence-corrected chi connectivity index (χ4v) is 5.61. The maximum Gasteiger partial charge on any atom is 0.262 e. The summed E-state index contributed by atoms with van der Waals surface area (Å²) in [7, 11) is 0. The van der Waals surface area contributed by atoms with Crippen LogP contribution >= 0.6 is 23.5 Å². The molecule has 0 radical (unpaired) electrons. The van der Waals surface area contributed by atoms with Crippen molar-refractivity contribution in [3.8, 4) is 17.2 Å². The third-order valence-corrected chi connectivity index (χ3v) is 7.08. The number of amides is 1. The highest BCUT2D eigenvalue weighted by Gasteiger charge is 2.18. The number of nitrogens with one attached hydrogen (secondary N) is 1. The van der Waals surface area contributed by atoms with Crippen molar-refractivity contribution in [3.63, 3.8) is 0 Å². The molecule has 3 rings (SSSR count). The van der Waals surface area contributed by atoms with Crippen molar-refractivity contribution in [2.24, 2.45) is 0 Å². The number of anilines is 1. The summed E-state index contributed by atoms with van der Waals surface area (Å²) in [5.74, 6) is 4.14. The van der Waals surface area contributed by atoms with Gasteiger partial charge in [0, 0.05) is 23.3 Å². The third kappa shape index (κ3) is 5.75. The first-order valence-corrected chi connectivity index (χ1v) is 11.4. The molecule has 0 aliphatic carbocycles. The van der Waals surface area contributed by atoms with E-state index in [1.807, 2.05) is 49.5 Å². The summed E-state index contributed by atoms with van der Waals surface area (Å²) in [5.41, 5.74) is 1.94. The average Bonchev–Trinajstić information content (AvgIpc) is 3.24. The molecule has 0 saturated carbocycles. The van der Waals surface area contributed by atoms with Gasteiger partial charge in [-0.25, -0.2) is 0 Å². The van der Waals surface area contributed by atoms with E-state index in [9.17, 15) is 4.79 Å². The Kier molecular flexibility index (Phi) is 7.80. The Morgan fingerprint density at radius 2 is 1.64 bits per heavy atom. The van der Waals surface area contributed by atoms with Crippen LogP contribution in [0.25, 0.3) is 0 Å². The summed E-state index contributed by atoms with van der Waals surface area (Å²) in [4.78, 5) is 12.2. The standard InChI is InChI=1S/C21H25NO4S2/c1-3-24-18-10-7-16(13-19(18)25-4-2)22-20(23)14-26-17-8-5-15(6-9-17)21-27-11-12-28-21/h5-10,13,21H,3-4,11-12,14H2,1-2H3,(H,22,23). The van der Waals surface area contributed by atoms with Gasteiger partial charge in [0.05, 0.1) is 17.8 Å². The Balaban J connectivity index is 1.53. The molecule has 1 aliphatic rings. The van der Waals surface area contributed by atoms with Gasteiger partial charge >= 0.3 is 0 Å². The Hall–Kier alpha value is -1.99. The van der Waals surface area contributed by atoms with Gasteiger partial charge in [-0.15, -0.1) is 23.5 Å². The van der Waals surface area contributed by atoms with Gasteiger partial charge in [-0.1, -0.05) is 12.1 Å². The summed E-state index contributed by atoms with van der Waals surface area (Å²) >= 11 is 3.94. The molecule has 0 bridgehead atoms. The number of rotatable bonds is 9. The minimum atomic E-state index is -0.224. The number of hydrogen-bond acceptors (Lipinski definition) is 6. The zero-order chi connectivity index (χ0) is 19.8. The van der Waals surface area contributed by atoms with E-state index in [0.717, 1.165) is 0 Å². The van der Waals surface area contributed by atoms with Crippen LogP contribution in [0.2, 0.25) is 0 Å². The summed E-state index contributed by atoms with van der Waals surface area (Å²) in [6.45, 7) is 4.85. The fourth-order valence-electron chi connectivity index (χ4n) is 2.75. The summed E-state index contributed by atoms with van der Waals surface area (Å²) in [6, 6.07) is 13.3. The molecule has 1 heterocycles. The van der Waals surface area contributed by atoms with E-state index < -0.39 is 0 Å². The Bertz CT molecular complexity index is 776. The number of benzene rings is 2. The molecule has 28 heavy (non-hydrogen) atoms. The lowest BCUT2D eigenvalue weighted by Crippen LogP contribution is -2.20. The normalized spacial score (nSPS) is 13.9. The lowest BCUT2D eigenvalue weighted by molar-refractivity contribution is -0.118. The van der Waals surface area contributed by atoms with E-state index in [2.05, 4.69) is 17.4 Å². The first kappa shape index (κ1) is 20.7. The quantitative estimate of drug-likeness (QED) is 0.619.